The molecule has 1 fully saturated rings. The Bertz CT molecular complexity index is 822. The standard InChI is InChI=1S/C24H29NO5.C2H6/c1-17-21(26-2)22(27-3)23(28-4)24(29-17)30-25-16-20-14-12-19(13-15-20)11-10-18-8-6-5-7-9-18;1-2/h5-17,21-24H,1-4H3;1-2H3/b11-10+,25-16-;/t17-,21-,22+,23+,24-;/m0./s1. The summed E-state index contributed by atoms with van der Waals surface area (Å²) in [5, 5.41) is 4.10. The number of ether oxygens (including phenoxy) is 4. The summed E-state index contributed by atoms with van der Waals surface area (Å²) in [6, 6.07) is 18.2. The molecule has 2 aromatic rings. The molecule has 1 saturated heterocycles. The molecule has 0 radical (unpaired) electrons. The van der Waals surface area contributed by atoms with Crippen LogP contribution >= 0.6 is 0 Å². The van der Waals surface area contributed by atoms with Crippen molar-refractivity contribution in [1.29, 1.82) is 0 Å². The van der Waals surface area contributed by atoms with Crippen molar-refractivity contribution in [3.63, 3.8) is 0 Å². The van der Waals surface area contributed by atoms with Crippen molar-refractivity contribution in [2.75, 3.05) is 21.3 Å². The summed E-state index contributed by atoms with van der Waals surface area (Å²) < 4.78 is 22.5. The van der Waals surface area contributed by atoms with Crippen LogP contribution in [0.25, 0.3) is 12.2 Å². The van der Waals surface area contributed by atoms with E-state index in [1.54, 1.807) is 27.5 Å². The van der Waals surface area contributed by atoms with Gasteiger partial charge in [0.05, 0.1) is 12.3 Å². The van der Waals surface area contributed by atoms with E-state index < -0.39 is 12.4 Å². The van der Waals surface area contributed by atoms with E-state index in [0.29, 0.717) is 0 Å². The number of benzene rings is 2. The van der Waals surface area contributed by atoms with E-state index in [9.17, 15) is 0 Å². The lowest BCUT2D eigenvalue weighted by atomic mass is 9.99. The molecule has 0 aromatic heterocycles. The Morgan fingerprint density at radius 2 is 1.25 bits per heavy atom. The Kier molecular flexibility index (Phi) is 11.1. The second-order valence-corrected chi connectivity index (χ2v) is 7.06. The molecule has 5 atom stereocenters. The first kappa shape index (κ1) is 25.7. The normalized spacial score (nSPS) is 25.5. The molecule has 3 rings (SSSR count). The molecule has 0 N–H and O–H groups in total. The van der Waals surface area contributed by atoms with Gasteiger partial charge in [-0.2, -0.15) is 0 Å². The molecule has 0 bridgehead atoms. The van der Waals surface area contributed by atoms with Gasteiger partial charge in [-0.15, -0.1) is 0 Å². The highest BCUT2D eigenvalue weighted by atomic mass is 16.8. The van der Waals surface area contributed by atoms with Crippen molar-refractivity contribution < 1.29 is 23.8 Å². The molecule has 1 heterocycles. The van der Waals surface area contributed by atoms with Gasteiger partial charge in [-0.1, -0.05) is 85.8 Å². The molecular formula is C26H35NO5. The average molecular weight is 442 g/mol. The molecule has 0 aliphatic carbocycles. The summed E-state index contributed by atoms with van der Waals surface area (Å²) in [5.74, 6) is 0. The molecule has 0 saturated carbocycles. The number of hydrogen-bond donors (Lipinski definition) is 0. The Morgan fingerprint density at radius 3 is 1.81 bits per heavy atom. The van der Waals surface area contributed by atoms with Crippen LogP contribution in [0.15, 0.2) is 59.8 Å². The molecule has 6 nitrogen and oxygen atoms in total. The molecule has 32 heavy (non-hydrogen) atoms. The van der Waals surface area contributed by atoms with Crippen LogP contribution in [0.4, 0.5) is 0 Å². The second kappa shape index (κ2) is 13.8. The minimum atomic E-state index is -0.689. The highest BCUT2D eigenvalue weighted by molar-refractivity contribution is 5.80. The predicted molar refractivity (Wildman–Crippen MR) is 129 cm³/mol. The van der Waals surface area contributed by atoms with Crippen molar-refractivity contribution in [2.24, 2.45) is 5.16 Å². The van der Waals surface area contributed by atoms with E-state index in [4.69, 9.17) is 23.8 Å². The quantitative estimate of drug-likeness (QED) is 0.327. The van der Waals surface area contributed by atoms with E-state index in [1.165, 1.54) is 0 Å². The fraction of sp³-hybridized carbons (Fsp3) is 0.423. The number of hydrogen-bond acceptors (Lipinski definition) is 6. The van der Waals surface area contributed by atoms with Crippen molar-refractivity contribution in [3.05, 3.63) is 71.3 Å². The first-order valence-electron chi connectivity index (χ1n) is 10.9. The molecule has 1 aliphatic heterocycles. The maximum absolute atomic E-state index is 5.88. The van der Waals surface area contributed by atoms with Gasteiger partial charge < -0.3 is 23.8 Å². The first-order valence-corrected chi connectivity index (χ1v) is 10.9. The zero-order chi connectivity index (χ0) is 23.3. The van der Waals surface area contributed by atoms with Gasteiger partial charge in [-0.25, -0.2) is 0 Å². The van der Waals surface area contributed by atoms with E-state index in [0.717, 1.165) is 16.7 Å². The van der Waals surface area contributed by atoms with Gasteiger partial charge in [0.25, 0.3) is 6.29 Å². The maximum Gasteiger partial charge on any atom is 0.256 e. The van der Waals surface area contributed by atoms with Gasteiger partial charge in [-0.05, 0) is 23.6 Å². The number of oxime groups is 1. The van der Waals surface area contributed by atoms with Crippen molar-refractivity contribution in [3.8, 4) is 0 Å². The fourth-order valence-corrected chi connectivity index (χ4v) is 3.50. The van der Waals surface area contributed by atoms with E-state index in [1.807, 2.05) is 63.2 Å². The number of methoxy groups -OCH3 is 3. The molecule has 0 unspecified atom stereocenters. The topological polar surface area (TPSA) is 58.5 Å². The third kappa shape index (κ3) is 7.00. The lowest BCUT2D eigenvalue weighted by Crippen LogP contribution is -2.59. The second-order valence-electron chi connectivity index (χ2n) is 7.06. The van der Waals surface area contributed by atoms with Crippen molar-refractivity contribution >= 4 is 18.4 Å². The van der Waals surface area contributed by atoms with Crippen LogP contribution in [0, 0.1) is 0 Å². The fourth-order valence-electron chi connectivity index (χ4n) is 3.50. The summed E-state index contributed by atoms with van der Waals surface area (Å²) in [6.07, 6.45) is 3.87. The highest BCUT2D eigenvalue weighted by Crippen LogP contribution is 2.27. The lowest BCUT2D eigenvalue weighted by molar-refractivity contribution is -0.305. The SMILES string of the molecule is CC.CO[C@@H]1[C@@H](OC)[C@H](C)O[C@@H](O/N=C\c2ccc(/C=C/c3ccccc3)cc2)[C@@H]1OC. The molecule has 174 valence electrons. The van der Waals surface area contributed by atoms with Crippen LogP contribution < -0.4 is 0 Å². The van der Waals surface area contributed by atoms with Crippen LogP contribution in [0.2, 0.25) is 0 Å². The zero-order valence-corrected chi connectivity index (χ0v) is 19.8. The largest absolute Gasteiger partial charge is 0.376 e. The third-order valence-corrected chi connectivity index (χ3v) is 5.11. The van der Waals surface area contributed by atoms with E-state index >= 15 is 0 Å². The molecule has 6 heteroatoms. The van der Waals surface area contributed by atoms with Crippen LogP contribution in [0.1, 0.15) is 37.5 Å². The predicted octanol–water partition coefficient (Wildman–Crippen LogP) is 5.02. The number of nitrogens with zero attached hydrogens (tertiary/aromatic N) is 1. The number of rotatable bonds is 8. The summed E-state index contributed by atoms with van der Waals surface area (Å²) in [7, 11) is 4.83. The lowest BCUT2D eigenvalue weighted by Gasteiger charge is -2.42. The zero-order valence-electron chi connectivity index (χ0n) is 19.8. The van der Waals surface area contributed by atoms with Crippen molar-refractivity contribution in [1.82, 2.24) is 0 Å². The first-order chi connectivity index (χ1) is 15.7. The van der Waals surface area contributed by atoms with Crippen LogP contribution in [-0.2, 0) is 23.8 Å². The summed E-state index contributed by atoms with van der Waals surface area (Å²) >= 11 is 0. The van der Waals surface area contributed by atoms with Gasteiger partial charge in [0, 0.05) is 21.3 Å². The molecule has 0 amide bonds. The molecule has 1 aliphatic rings. The minimum Gasteiger partial charge on any atom is -0.376 e. The van der Waals surface area contributed by atoms with Gasteiger partial charge >= 0.3 is 0 Å². The van der Waals surface area contributed by atoms with Crippen LogP contribution in [0.3, 0.4) is 0 Å². The van der Waals surface area contributed by atoms with E-state index in [-0.39, 0.29) is 18.3 Å². The molecular weight excluding hydrogens is 406 g/mol. The average Bonchev–Trinajstić information content (AvgIpc) is 2.85. The third-order valence-electron chi connectivity index (χ3n) is 5.11. The highest BCUT2D eigenvalue weighted by Gasteiger charge is 2.46. The Morgan fingerprint density at radius 1 is 0.719 bits per heavy atom. The molecule has 2 aromatic carbocycles. The maximum atomic E-state index is 5.88. The summed E-state index contributed by atoms with van der Waals surface area (Å²) in [6.45, 7) is 5.91. The summed E-state index contributed by atoms with van der Waals surface area (Å²) in [5.41, 5.74) is 3.19. The van der Waals surface area contributed by atoms with Gasteiger partial charge in [0.1, 0.15) is 12.2 Å². The van der Waals surface area contributed by atoms with Gasteiger partial charge in [0.15, 0.2) is 6.10 Å². The van der Waals surface area contributed by atoms with Crippen LogP contribution in [0.5, 0.6) is 0 Å². The van der Waals surface area contributed by atoms with Gasteiger partial charge in [-0.3, -0.25) is 0 Å². The Hall–Kier alpha value is -2.51. The smallest absolute Gasteiger partial charge is 0.256 e. The molecule has 0 spiro atoms. The van der Waals surface area contributed by atoms with Crippen molar-refractivity contribution in [2.45, 2.75) is 51.5 Å². The Balaban J connectivity index is 0.00000176. The monoisotopic (exact) mass is 441 g/mol. The van der Waals surface area contributed by atoms with Crippen LogP contribution in [-0.4, -0.2) is 58.2 Å². The van der Waals surface area contributed by atoms with E-state index in [2.05, 4.69) is 29.4 Å². The minimum absolute atomic E-state index is 0.220. The Labute approximate surface area is 191 Å². The van der Waals surface area contributed by atoms with Gasteiger partial charge in [0.2, 0.25) is 0 Å². The summed E-state index contributed by atoms with van der Waals surface area (Å²) in [4.78, 5) is 5.59.